The van der Waals surface area contributed by atoms with Crippen molar-refractivity contribution in [2.45, 2.75) is 13.3 Å². The molecule has 1 aromatic heterocycles. The van der Waals surface area contributed by atoms with E-state index in [-0.39, 0.29) is 0 Å². The second-order valence-electron chi connectivity index (χ2n) is 3.79. The van der Waals surface area contributed by atoms with E-state index in [4.69, 9.17) is 4.74 Å². The molecule has 0 unspecified atom stereocenters. The van der Waals surface area contributed by atoms with Crippen molar-refractivity contribution >= 4 is 10.9 Å². The smallest absolute Gasteiger partial charge is 0.224 e. The Morgan fingerprint density at radius 1 is 1.18 bits per heavy atom. The van der Waals surface area contributed by atoms with Crippen LogP contribution in [0.5, 0.6) is 5.88 Å². The van der Waals surface area contributed by atoms with Gasteiger partial charge < -0.3 is 10.1 Å². The summed E-state index contributed by atoms with van der Waals surface area (Å²) in [6.07, 6.45) is 2.67. The number of rotatable bonds is 6. The van der Waals surface area contributed by atoms with E-state index in [2.05, 4.69) is 22.2 Å². The van der Waals surface area contributed by atoms with Crippen LogP contribution in [0.3, 0.4) is 0 Å². The van der Waals surface area contributed by atoms with Crippen molar-refractivity contribution in [2.75, 3.05) is 19.7 Å². The van der Waals surface area contributed by atoms with Crippen LogP contribution in [0.15, 0.2) is 30.6 Å². The van der Waals surface area contributed by atoms with Gasteiger partial charge in [0.2, 0.25) is 5.88 Å². The number of nitrogens with one attached hydrogen (secondary N) is 1. The molecule has 1 heterocycles. The Kier molecular flexibility index (Phi) is 4.27. The second-order valence-corrected chi connectivity index (χ2v) is 3.79. The Balaban J connectivity index is 1.98. The zero-order chi connectivity index (χ0) is 11.9. The van der Waals surface area contributed by atoms with Crippen molar-refractivity contribution in [3.63, 3.8) is 0 Å². The molecule has 0 aliphatic carbocycles. The fourth-order valence-electron chi connectivity index (χ4n) is 1.62. The van der Waals surface area contributed by atoms with Gasteiger partial charge in [-0.15, -0.1) is 0 Å². The average Bonchev–Trinajstić information content (AvgIpc) is 2.39. The molecule has 1 aromatic carbocycles. The van der Waals surface area contributed by atoms with E-state index >= 15 is 0 Å². The van der Waals surface area contributed by atoms with Gasteiger partial charge >= 0.3 is 0 Å². The highest BCUT2D eigenvalue weighted by atomic mass is 16.5. The molecule has 0 aliphatic rings. The lowest BCUT2D eigenvalue weighted by Gasteiger charge is -2.07. The summed E-state index contributed by atoms with van der Waals surface area (Å²) in [5.74, 6) is 0.661. The molecule has 4 nitrogen and oxygen atoms in total. The molecule has 2 aromatic rings. The standard InChI is InChI=1S/C13H17N3O/c1-2-7-14-8-9-17-13-11-5-3-4-6-12(11)15-10-16-13/h3-6,10,14H,2,7-9H2,1H3. The molecule has 0 radical (unpaired) electrons. The fourth-order valence-corrected chi connectivity index (χ4v) is 1.62. The topological polar surface area (TPSA) is 47.0 Å². The SMILES string of the molecule is CCCNCCOc1ncnc2ccccc12. The van der Waals surface area contributed by atoms with Crippen LogP contribution in [0, 0.1) is 0 Å². The van der Waals surface area contributed by atoms with E-state index in [1.165, 1.54) is 6.33 Å². The molecule has 0 amide bonds. The summed E-state index contributed by atoms with van der Waals surface area (Å²) in [5, 5.41) is 4.25. The third kappa shape index (κ3) is 3.14. The molecular weight excluding hydrogens is 214 g/mol. The highest BCUT2D eigenvalue weighted by Gasteiger charge is 2.02. The van der Waals surface area contributed by atoms with Crippen LogP contribution < -0.4 is 10.1 Å². The number of ether oxygens (including phenoxy) is 1. The molecule has 1 N–H and O–H groups in total. The lowest BCUT2D eigenvalue weighted by Crippen LogP contribution is -2.21. The first-order valence-electron chi connectivity index (χ1n) is 5.95. The van der Waals surface area contributed by atoms with Crippen molar-refractivity contribution in [3.05, 3.63) is 30.6 Å². The first kappa shape index (κ1) is 11.8. The average molecular weight is 231 g/mol. The van der Waals surface area contributed by atoms with Crippen molar-refractivity contribution in [1.82, 2.24) is 15.3 Å². The monoisotopic (exact) mass is 231 g/mol. The fraction of sp³-hybridized carbons (Fsp3) is 0.385. The van der Waals surface area contributed by atoms with Gasteiger partial charge in [-0.1, -0.05) is 19.1 Å². The lowest BCUT2D eigenvalue weighted by molar-refractivity contribution is 0.306. The number of benzene rings is 1. The van der Waals surface area contributed by atoms with E-state index in [1.54, 1.807) is 0 Å². The first-order valence-corrected chi connectivity index (χ1v) is 5.95. The Hall–Kier alpha value is -1.68. The highest BCUT2D eigenvalue weighted by molar-refractivity contribution is 5.82. The predicted octanol–water partition coefficient (Wildman–Crippen LogP) is 2.01. The summed E-state index contributed by atoms with van der Waals surface area (Å²) >= 11 is 0. The number of para-hydroxylation sites is 1. The van der Waals surface area contributed by atoms with Gasteiger partial charge in [0.05, 0.1) is 10.9 Å². The van der Waals surface area contributed by atoms with Gasteiger partial charge in [0, 0.05) is 6.54 Å². The predicted molar refractivity (Wildman–Crippen MR) is 68.2 cm³/mol. The molecule has 0 saturated heterocycles. The van der Waals surface area contributed by atoms with Gasteiger partial charge in [0.1, 0.15) is 12.9 Å². The normalized spacial score (nSPS) is 10.6. The molecule has 0 spiro atoms. The minimum Gasteiger partial charge on any atom is -0.476 e. The van der Waals surface area contributed by atoms with Gasteiger partial charge in [-0.3, -0.25) is 0 Å². The molecule has 0 bridgehead atoms. The molecule has 90 valence electrons. The van der Waals surface area contributed by atoms with Crippen LogP contribution in [-0.2, 0) is 0 Å². The summed E-state index contributed by atoms with van der Waals surface area (Å²) in [4.78, 5) is 8.36. The highest BCUT2D eigenvalue weighted by Crippen LogP contribution is 2.19. The number of hydrogen-bond donors (Lipinski definition) is 1. The Morgan fingerprint density at radius 3 is 2.94 bits per heavy atom. The first-order chi connectivity index (χ1) is 8.42. The third-order valence-corrected chi connectivity index (χ3v) is 2.45. The lowest BCUT2D eigenvalue weighted by atomic mass is 10.2. The van der Waals surface area contributed by atoms with Crippen LogP contribution in [0.1, 0.15) is 13.3 Å². The number of aromatic nitrogens is 2. The van der Waals surface area contributed by atoms with Gasteiger partial charge in [-0.05, 0) is 25.1 Å². The van der Waals surface area contributed by atoms with Crippen LogP contribution in [-0.4, -0.2) is 29.7 Å². The Morgan fingerprint density at radius 2 is 2.06 bits per heavy atom. The molecule has 2 rings (SSSR count). The van der Waals surface area contributed by atoms with Gasteiger partial charge in [-0.2, -0.15) is 0 Å². The van der Waals surface area contributed by atoms with E-state index in [1.807, 2.05) is 24.3 Å². The van der Waals surface area contributed by atoms with Gasteiger partial charge in [0.15, 0.2) is 0 Å². The zero-order valence-electron chi connectivity index (χ0n) is 10.0. The molecule has 0 aliphatic heterocycles. The van der Waals surface area contributed by atoms with E-state index < -0.39 is 0 Å². The van der Waals surface area contributed by atoms with Gasteiger partial charge in [0.25, 0.3) is 0 Å². The second kappa shape index (κ2) is 6.15. The number of hydrogen-bond acceptors (Lipinski definition) is 4. The zero-order valence-corrected chi connectivity index (χ0v) is 10.0. The van der Waals surface area contributed by atoms with Crippen molar-refractivity contribution < 1.29 is 4.74 Å². The van der Waals surface area contributed by atoms with Crippen LogP contribution in [0.4, 0.5) is 0 Å². The number of fused-ring (bicyclic) bond motifs is 1. The third-order valence-electron chi connectivity index (χ3n) is 2.45. The molecule has 4 heteroatoms. The van der Waals surface area contributed by atoms with E-state index in [0.29, 0.717) is 12.5 Å². The quantitative estimate of drug-likeness (QED) is 0.772. The van der Waals surface area contributed by atoms with Crippen LogP contribution >= 0.6 is 0 Å². The summed E-state index contributed by atoms with van der Waals surface area (Å²) in [6.45, 7) is 4.63. The summed E-state index contributed by atoms with van der Waals surface area (Å²) in [5.41, 5.74) is 0.916. The minimum absolute atomic E-state index is 0.626. The Labute approximate surface area is 101 Å². The van der Waals surface area contributed by atoms with Crippen molar-refractivity contribution in [2.24, 2.45) is 0 Å². The maximum absolute atomic E-state index is 5.65. The van der Waals surface area contributed by atoms with Gasteiger partial charge in [-0.25, -0.2) is 9.97 Å². The molecule has 0 saturated carbocycles. The maximum Gasteiger partial charge on any atom is 0.224 e. The molecule has 17 heavy (non-hydrogen) atoms. The molecule has 0 atom stereocenters. The molecule has 0 fully saturated rings. The molecular formula is C13H17N3O. The Bertz CT molecular complexity index is 468. The number of nitrogens with zero attached hydrogens (tertiary/aromatic N) is 2. The van der Waals surface area contributed by atoms with Crippen molar-refractivity contribution in [3.8, 4) is 5.88 Å². The summed E-state index contributed by atoms with van der Waals surface area (Å²) < 4.78 is 5.65. The summed E-state index contributed by atoms with van der Waals surface area (Å²) in [6, 6.07) is 7.86. The maximum atomic E-state index is 5.65. The minimum atomic E-state index is 0.626. The van der Waals surface area contributed by atoms with Crippen LogP contribution in [0.2, 0.25) is 0 Å². The van der Waals surface area contributed by atoms with E-state index in [9.17, 15) is 0 Å². The van der Waals surface area contributed by atoms with Crippen molar-refractivity contribution in [1.29, 1.82) is 0 Å². The van der Waals surface area contributed by atoms with Crippen LogP contribution in [0.25, 0.3) is 10.9 Å². The largest absolute Gasteiger partial charge is 0.476 e. The summed E-state index contributed by atoms with van der Waals surface area (Å²) in [7, 11) is 0. The van der Waals surface area contributed by atoms with E-state index in [0.717, 1.165) is 30.4 Å².